The van der Waals surface area contributed by atoms with Gasteiger partial charge in [-0.05, 0) is 11.1 Å². The summed E-state index contributed by atoms with van der Waals surface area (Å²) in [7, 11) is 0. The van der Waals surface area contributed by atoms with Crippen LogP contribution in [0.15, 0.2) is 60.7 Å². The summed E-state index contributed by atoms with van der Waals surface area (Å²) < 4.78 is 10.3. The quantitative estimate of drug-likeness (QED) is 0.623. The maximum atomic E-state index is 12.4. The number of benzene rings is 2. The van der Waals surface area contributed by atoms with Crippen molar-refractivity contribution in [3.8, 4) is 0 Å². The maximum Gasteiger partial charge on any atom is 0.329 e. The van der Waals surface area contributed by atoms with E-state index in [0.29, 0.717) is 13.0 Å². The molecule has 1 amide bonds. The van der Waals surface area contributed by atoms with Gasteiger partial charge in [-0.3, -0.25) is 4.79 Å². The first-order valence-electron chi connectivity index (χ1n) is 7.89. The van der Waals surface area contributed by atoms with Crippen molar-refractivity contribution in [2.45, 2.75) is 25.2 Å². The Labute approximate surface area is 140 Å². The maximum absolute atomic E-state index is 12.4. The largest absolute Gasteiger partial charge is 0.459 e. The van der Waals surface area contributed by atoms with E-state index in [9.17, 15) is 9.59 Å². The van der Waals surface area contributed by atoms with E-state index in [0.717, 1.165) is 11.1 Å². The average molecular weight is 325 g/mol. The highest BCUT2D eigenvalue weighted by atomic mass is 16.6. The summed E-state index contributed by atoms with van der Waals surface area (Å²) in [6, 6.07) is 18.2. The van der Waals surface area contributed by atoms with Crippen LogP contribution in [-0.2, 0) is 32.1 Å². The lowest BCUT2D eigenvalue weighted by Crippen LogP contribution is -2.45. The topological polar surface area (TPSA) is 67.9 Å². The van der Waals surface area contributed by atoms with Gasteiger partial charge in [-0.1, -0.05) is 60.7 Å². The van der Waals surface area contributed by atoms with E-state index >= 15 is 0 Å². The summed E-state index contributed by atoms with van der Waals surface area (Å²) in [5.74, 6) is -0.718. The predicted molar refractivity (Wildman–Crippen MR) is 88.1 cm³/mol. The van der Waals surface area contributed by atoms with Crippen LogP contribution in [0.25, 0.3) is 0 Å². The van der Waals surface area contributed by atoms with Crippen molar-refractivity contribution in [2.24, 2.45) is 0 Å². The molecule has 5 nitrogen and oxygen atoms in total. The molecule has 124 valence electrons. The van der Waals surface area contributed by atoms with Crippen molar-refractivity contribution in [1.29, 1.82) is 0 Å². The van der Waals surface area contributed by atoms with Crippen molar-refractivity contribution < 1.29 is 19.1 Å². The van der Waals surface area contributed by atoms with Gasteiger partial charge in [0, 0.05) is 6.42 Å². The van der Waals surface area contributed by atoms with Crippen LogP contribution in [0.4, 0.5) is 0 Å². The standard InChI is InChI=1S/C19H19NO4/c21-18(17-13-23-17)20-16(11-14-7-3-1-4-8-14)19(22)24-12-15-9-5-2-6-10-15/h1-10,16-17H,11-13H2,(H,20,21)/t16-,17-/m0/s1. The zero-order valence-corrected chi connectivity index (χ0v) is 13.2. The number of nitrogens with one attached hydrogen (secondary N) is 1. The number of amides is 1. The van der Waals surface area contributed by atoms with Crippen molar-refractivity contribution in [2.75, 3.05) is 6.61 Å². The molecule has 2 aromatic rings. The second-order valence-corrected chi connectivity index (χ2v) is 5.67. The minimum atomic E-state index is -0.729. The summed E-state index contributed by atoms with van der Waals surface area (Å²) in [6.07, 6.45) is -0.0578. The van der Waals surface area contributed by atoms with Gasteiger partial charge in [0.1, 0.15) is 12.6 Å². The third-order valence-electron chi connectivity index (χ3n) is 3.73. The summed E-state index contributed by atoms with van der Waals surface area (Å²) in [6.45, 7) is 0.587. The molecule has 1 aliphatic rings. The van der Waals surface area contributed by atoms with E-state index < -0.39 is 18.1 Å². The van der Waals surface area contributed by atoms with Gasteiger partial charge in [0.2, 0.25) is 0 Å². The smallest absolute Gasteiger partial charge is 0.329 e. The van der Waals surface area contributed by atoms with Gasteiger partial charge in [0.15, 0.2) is 6.10 Å². The van der Waals surface area contributed by atoms with Gasteiger partial charge in [-0.2, -0.15) is 0 Å². The minimum absolute atomic E-state index is 0.181. The van der Waals surface area contributed by atoms with E-state index in [4.69, 9.17) is 9.47 Å². The Morgan fingerprint density at radius 3 is 2.21 bits per heavy atom. The summed E-state index contributed by atoms with van der Waals surface area (Å²) in [4.78, 5) is 24.4. The van der Waals surface area contributed by atoms with Crippen LogP contribution in [0.2, 0.25) is 0 Å². The highest BCUT2D eigenvalue weighted by Crippen LogP contribution is 2.11. The van der Waals surface area contributed by atoms with E-state index in [1.54, 1.807) is 0 Å². The molecule has 0 bridgehead atoms. The number of carbonyl (C=O) groups is 2. The van der Waals surface area contributed by atoms with Crippen LogP contribution >= 0.6 is 0 Å². The van der Waals surface area contributed by atoms with E-state index in [1.165, 1.54) is 0 Å². The number of rotatable bonds is 7. The van der Waals surface area contributed by atoms with E-state index in [2.05, 4.69) is 5.32 Å². The van der Waals surface area contributed by atoms with Gasteiger partial charge < -0.3 is 14.8 Å². The Morgan fingerprint density at radius 1 is 1.04 bits per heavy atom. The second kappa shape index (κ2) is 7.75. The lowest BCUT2D eigenvalue weighted by atomic mass is 10.1. The fourth-order valence-electron chi connectivity index (χ4n) is 2.34. The monoisotopic (exact) mass is 325 g/mol. The minimum Gasteiger partial charge on any atom is -0.459 e. The molecule has 3 rings (SSSR count). The number of hydrogen-bond acceptors (Lipinski definition) is 4. The van der Waals surface area contributed by atoms with Gasteiger partial charge in [0.25, 0.3) is 5.91 Å². The van der Waals surface area contributed by atoms with Crippen LogP contribution in [0, 0.1) is 0 Å². The molecule has 5 heteroatoms. The molecule has 1 heterocycles. The normalized spacial score (nSPS) is 16.9. The Bertz CT molecular complexity index is 683. The number of epoxide rings is 1. The van der Waals surface area contributed by atoms with E-state index in [-0.39, 0.29) is 12.5 Å². The summed E-state index contributed by atoms with van der Waals surface area (Å²) >= 11 is 0. The predicted octanol–water partition coefficient (Wildman–Crippen LogP) is 1.86. The number of esters is 1. The van der Waals surface area contributed by atoms with Crippen LogP contribution in [0.5, 0.6) is 0 Å². The molecule has 0 saturated carbocycles. The Morgan fingerprint density at radius 2 is 1.62 bits per heavy atom. The van der Waals surface area contributed by atoms with Gasteiger partial charge in [0.05, 0.1) is 6.61 Å². The zero-order valence-electron chi connectivity index (χ0n) is 13.2. The molecule has 24 heavy (non-hydrogen) atoms. The SMILES string of the molecule is O=C(OCc1ccccc1)[C@H](Cc1ccccc1)NC(=O)[C@@H]1CO1. The van der Waals surface area contributed by atoms with Crippen molar-refractivity contribution in [3.63, 3.8) is 0 Å². The lowest BCUT2D eigenvalue weighted by Gasteiger charge is -2.17. The molecule has 2 aromatic carbocycles. The fourth-order valence-corrected chi connectivity index (χ4v) is 2.34. The highest BCUT2D eigenvalue weighted by Gasteiger charge is 2.34. The molecule has 0 spiro atoms. The first kappa shape index (κ1) is 16.2. The zero-order chi connectivity index (χ0) is 16.8. The van der Waals surface area contributed by atoms with Gasteiger partial charge >= 0.3 is 5.97 Å². The fraction of sp³-hybridized carbons (Fsp3) is 0.263. The summed E-state index contributed by atoms with van der Waals surface area (Å²) in [5, 5.41) is 2.73. The molecule has 0 aromatic heterocycles. The molecule has 1 aliphatic heterocycles. The van der Waals surface area contributed by atoms with Gasteiger partial charge in [-0.15, -0.1) is 0 Å². The lowest BCUT2D eigenvalue weighted by molar-refractivity contribution is -0.149. The van der Waals surface area contributed by atoms with Crippen LogP contribution in [0.1, 0.15) is 11.1 Å². The molecule has 0 aliphatic carbocycles. The third kappa shape index (κ3) is 4.67. The molecule has 1 N–H and O–H groups in total. The number of carbonyl (C=O) groups excluding carboxylic acids is 2. The molecule has 1 fully saturated rings. The average Bonchev–Trinajstić information content (AvgIpc) is 3.46. The molecule has 0 radical (unpaired) electrons. The van der Waals surface area contributed by atoms with E-state index in [1.807, 2.05) is 60.7 Å². The van der Waals surface area contributed by atoms with Gasteiger partial charge in [-0.25, -0.2) is 4.79 Å². The van der Waals surface area contributed by atoms with Crippen molar-refractivity contribution in [1.82, 2.24) is 5.32 Å². The van der Waals surface area contributed by atoms with Crippen molar-refractivity contribution in [3.05, 3.63) is 71.8 Å². The number of ether oxygens (including phenoxy) is 2. The molecular formula is C19H19NO4. The van der Waals surface area contributed by atoms with Crippen LogP contribution in [-0.4, -0.2) is 30.6 Å². The highest BCUT2D eigenvalue weighted by molar-refractivity contribution is 5.88. The second-order valence-electron chi connectivity index (χ2n) is 5.67. The van der Waals surface area contributed by atoms with Crippen molar-refractivity contribution >= 4 is 11.9 Å². The summed E-state index contributed by atoms with van der Waals surface area (Å²) in [5.41, 5.74) is 1.86. The van der Waals surface area contributed by atoms with Crippen LogP contribution in [0.3, 0.4) is 0 Å². The molecule has 2 atom stereocenters. The molecule has 1 saturated heterocycles. The molecule has 0 unspecified atom stereocenters. The third-order valence-corrected chi connectivity index (χ3v) is 3.73. The Hall–Kier alpha value is -2.66. The Balaban J connectivity index is 1.63. The first-order chi connectivity index (χ1) is 11.7. The Kier molecular flexibility index (Phi) is 5.23. The number of hydrogen-bond donors (Lipinski definition) is 1. The molecular weight excluding hydrogens is 306 g/mol. The van der Waals surface area contributed by atoms with Crippen LogP contribution < -0.4 is 5.32 Å². The first-order valence-corrected chi connectivity index (χ1v) is 7.89.